The van der Waals surface area contributed by atoms with Crippen molar-refractivity contribution < 1.29 is 19.0 Å². The summed E-state index contributed by atoms with van der Waals surface area (Å²) in [5, 5.41) is 0. The van der Waals surface area contributed by atoms with Gasteiger partial charge >= 0.3 is 0 Å². The van der Waals surface area contributed by atoms with E-state index in [4.69, 9.17) is 19.9 Å². The molecular weight excluding hydrogens is 284 g/mol. The number of carbonyl (C=O) groups excluding carboxylic acids is 1. The molecule has 1 aliphatic heterocycles. The largest absolute Gasteiger partial charge is 0.486 e. The molecule has 1 heterocycles. The minimum atomic E-state index is -0.245. The molecule has 122 valence electrons. The van der Waals surface area contributed by atoms with E-state index in [0.717, 1.165) is 11.5 Å². The molecule has 0 aliphatic carbocycles. The molecule has 6 heteroatoms. The third-order valence-electron chi connectivity index (χ3n) is 3.72. The first-order chi connectivity index (χ1) is 10.7. The molecule has 0 saturated carbocycles. The summed E-state index contributed by atoms with van der Waals surface area (Å²) < 4.78 is 16.7. The number of hydrogen-bond donors (Lipinski definition) is 1. The van der Waals surface area contributed by atoms with Crippen LogP contribution in [-0.4, -0.2) is 56.4 Å². The van der Waals surface area contributed by atoms with Crippen molar-refractivity contribution in [3.8, 4) is 11.5 Å². The van der Waals surface area contributed by atoms with Gasteiger partial charge in [0, 0.05) is 20.2 Å². The van der Waals surface area contributed by atoms with Crippen molar-refractivity contribution in [3.05, 3.63) is 24.3 Å². The van der Waals surface area contributed by atoms with Gasteiger partial charge in [0.25, 0.3) is 0 Å². The predicted octanol–water partition coefficient (Wildman–Crippen LogP) is 1.04. The second kappa shape index (κ2) is 8.00. The molecule has 1 aromatic rings. The van der Waals surface area contributed by atoms with E-state index >= 15 is 0 Å². The first-order valence-electron chi connectivity index (χ1n) is 7.57. The lowest BCUT2D eigenvalue weighted by Crippen LogP contribution is -2.44. The Morgan fingerprint density at radius 3 is 2.82 bits per heavy atom. The third kappa shape index (κ3) is 4.11. The van der Waals surface area contributed by atoms with Crippen LogP contribution in [0.5, 0.6) is 11.5 Å². The number of likely N-dealkylation sites (N-methyl/N-ethyl adjacent to an activating group) is 1. The lowest BCUT2D eigenvalue weighted by molar-refractivity contribution is -0.135. The number of fused-ring (bicyclic) bond motifs is 1. The quantitative estimate of drug-likeness (QED) is 0.814. The van der Waals surface area contributed by atoms with Gasteiger partial charge in [0.05, 0.1) is 19.1 Å². The number of hydrogen-bond acceptors (Lipinski definition) is 5. The van der Waals surface area contributed by atoms with Crippen LogP contribution in [0.3, 0.4) is 0 Å². The molecule has 0 spiro atoms. The van der Waals surface area contributed by atoms with Crippen LogP contribution in [0, 0.1) is 0 Å². The van der Waals surface area contributed by atoms with Crippen molar-refractivity contribution in [2.24, 2.45) is 5.73 Å². The zero-order valence-electron chi connectivity index (χ0n) is 13.2. The molecule has 1 amide bonds. The summed E-state index contributed by atoms with van der Waals surface area (Å²) in [5.41, 5.74) is 5.57. The zero-order chi connectivity index (χ0) is 15.9. The number of nitrogens with zero attached hydrogens (tertiary/aromatic N) is 1. The molecule has 0 fully saturated rings. The van der Waals surface area contributed by atoms with Gasteiger partial charge in [-0.25, -0.2) is 0 Å². The van der Waals surface area contributed by atoms with Gasteiger partial charge in [0.2, 0.25) is 5.91 Å². The number of rotatable bonds is 7. The highest BCUT2D eigenvalue weighted by molar-refractivity contribution is 5.76. The number of ether oxygens (including phenoxy) is 3. The summed E-state index contributed by atoms with van der Waals surface area (Å²) in [6.07, 6.45) is -0.131. The molecule has 0 saturated heterocycles. The van der Waals surface area contributed by atoms with Gasteiger partial charge in [-0.1, -0.05) is 12.1 Å². The fourth-order valence-corrected chi connectivity index (χ4v) is 2.39. The monoisotopic (exact) mass is 308 g/mol. The van der Waals surface area contributed by atoms with Gasteiger partial charge in [-0.2, -0.15) is 0 Å². The highest BCUT2D eigenvalue weighted by Gasteiger charge is 2.25. The first-order valence-corrected chi connectivity index (χ1v) is 7.57. The van der Waals surface area contributed by atoms with Crippen LogP contribution < -0.4 is 15.2 Å². The van der Waals surface area contributed by atoms with Gasteiger partial charge in [-0.3, -0.25) is 4.79 Å². The van der Waals surface area contributed by atoms with Gasteiger partial charge in [-0.05, 0) is 19.1 Å². The molecule has 2 unspecified atom stereocenters. The molecule has 1 aliphatic rings. The topological polar surface area (TPSA) is 74.0 Å². The van der Waals surface area contributed by atoms with Crippen LogP contribution >= 0.6 is 0 Å². The number of nitrogens with two attached hydrogens (primary N) is 1. The molecule has 2 N–H and O–H groups in total. The molecule has 2 rings (SSSR count). The normalized spacial score (nSPS) is 17.9. The van der Waals surface area contributed by atoms with Crippen LogP contribution in [0.2, 0.25) is 0 Å². The Morgan fingerprint density at radius 2 is 2.18 bits per heavy atom. The van der Waals surface area contributed by atoms with E-state index in [2.05, 4.69) is 0 Å². The first kappa shape index (κ1) is 16.6. The summed E-state index contributed by atoms with van der Waals surface area (Å²) in [6, 6.07) is 7.55. The number of methoxy groups -OCH3 is 1. The van der Waals surface area contributed by atoms with Crippen LogP contribution in [0.1, 0.15) is 13.3 Å². The third-order valence-corrected chi connectivity index (χ3v) is 3.72. The van der Waals surface area contributed by atoms with Crippen molar-refractivity contribution in [1.82, 2.24) is 4.90 Å². The van der Waals surface area contributed by atoms with E-state index in [9.17, 15) is 4.79 Å². The van der Waals surface area contributed by atoms with Gasteiger partial charge in [0.1, 0.15) is 6.61 Å². The Morgan fingerprint density at radius 1 is 1.45 bits per heavy atom. The average molecular weight is 308 g/mol. The molecular formula is C16H24N2O4. The van der Waals surface area contributed by atoms with E-state index < -0.39 is 0 Å². The van der Waals surface area contributed by atoms with Crippen LogP contribution in [0.15, 0.2) is 24.3 Å². The molecule has 0 bridgehead atoms. The Bertz CT molecular complexity index is 491. The number of para-hydroxylation sites is 2. The highest BCUT2D eigenvalue weighted by atomic mass is 16.6. The summed E-state index contributed by atoms with van der Waals surface area (Å²) in [7, 11) is 1.57. The molecule has 22 heavy (non-hydrogen) atoms. The van der Waals surface area contributed by atoms with Crippen LogP contribution in [0.4, 0.5) is 0 Å². The number of carbonyl (C=O) groups is 1. The second-order valence-corrected chi connectivity index (χ2v) is 5.23. The zero-order valence-corrected chi connectivity index (χ0v) is 13.2. The van der Waals surface area contributed by atoms with Crippen molar-refractivity contribution in [2.45, 2.75) is 25.6 Å². The summed E-state index contributed by atoms with van der Waals surface area (Å²) in [4.78, 5) is 14.1. The highest BCUT2D eigenvalue weighted by Crippen LogP contribution is 2.31. The standard InChI is InChI=1S/C16H24N2O4/c1-3-18(16(19)8-12(9-17)20-2)10-13-11-21-14-6-4-5-7-15(14)22-13/h4-7,12-13H,3,8-11,17H2,1-2H3. The van der Waals surface area contributed by atoms with Gasteiger partial charge in [0.15, 0.2) is 17.6 Å². The van der Waals surface area contributed by atoms with E-state index in [1.54, 1.807) is 12.0 Å². The maximum Gasteiger partial charge on any atom is 0.225 e. The van der Waals surface area contributed by atoms with E-state index in [1.807, 2.05) is 31.2 Å². The molecule has 2 atom stereocenters. The Hall–Kier alpha value is -1.79. The van der Waals surface area contributed by atoms with Crippen molar-refractivity contribution >= 4 is 5.91 Å². The molecule has 1 aromatic carbocycles. The number of benzene rings is 1. The minimum absolute atomic E-state index is 0.0160. The smallest absolute Gasteiger partial charge is 0.225 e. The second-order valence-electron chi connectivity index (χ2n) is 5.23. The fraction of sp³-hybridized carbons (Fsp3) is 0.562. The number of amides is 1. The van der Waals surface area contributed by atoms with E-state index in [-0.39, 0.29) is 24.5 Å². The summed E-state index contributed by atoms with van der Waals surface area (Å²) >= 11 is 0. The lowest BCUT2D eigenvalue weighted by atomic mass is 10.2. The Labute approximate surface area is 131 Å². The SMILES string of the molecule is CCN(CC1COc2ccccc2O1)C(=O)CC(CN)OC. The lowest BCUT2D eigenvalue weighted by Gasteiger charge is -2.31. The maximum absolute atomic E-state index is 12.3. The average Bonchev–Trinajstić information content (AvgIpc) is 2.57. The fourth-order valence-electron chi connectivity index (χ4n) is 2.39. The van der Waals surface area contributed by atoms with Gasteiger partial charge < -0.3 is 24.8 Å². The molecule has 0 aromatic heterocycles. The van der Waals surface area contributed by atoms with Gasteiger partial charge in [-0.15, -0.1) is 0 Å². The van der Waals surface area contributed by atoms with Crippen LogP contribution in [-0.2, 0) is 9.53 Å². The Kier molecular flexibility index (Phi) is 6.03. The summed E-state index contributed by atoms with van der Waals surface area (Å²) in [5.74, 6) is 1.48. The summed E-state index contributed by atoms with van der Waals surface area (Å²) in [6.45, 7) is 3.81. The van der Waals surface area contributed by atoms with Crippen molar-refractivity contribution in [1.29, 1.82) is 0 Å². The maximum atomic E-state index is 12.3. The van der Waals surface area contributed by atoms with Crippen molar-refractivity contribution in [2.75, 3.05) is 33.4 Å². The Balaban J connectivity index is 1.92. The molecule has 0 radical (unpaired) electrons. The van der Waals surface area contributed by atoms with E-state index in [0.29, 0.717) is 26.2 Å². The predicted molar refractivity (Wildman–Crippen MR) is 83.1 cm³/mol. The van der Waals surface area contributed by atoms with Crippen LogP contribution in [0.25, 0.3) is 0 Å². The molecule has 6 nitrogen and oxygen atoms in total. The minimum Gasteiger partial charge on any atom is -0.486 e. The van der Waals surface area contributed by atoms with Crippen molar-refractivity contribution in [3.63, 3.8) is 0 Å². The van der Waals surface area contributed by atoms with E-state index in [1.165, 1.54) is 0 Å².